The Bertz CT molecular complexity index is 3270. The average molecular weight is 1460 g/mol. The van der Waals surface area contributed by atoms with Crippen LogP contribution in [0, 0.1) is 11.8 Å². The molecule has 2 aromatic carbocycles. The number of benzene rings is 2. The highest BCUT2D eigenvalue weighted by molar-refractivity contribution is 7.98. The van der Waals surface area contributed by atoms with E-state index in [2.05, 4.69) is 68.1 Å². The molecule has 1 aliphatic heterocycles. The number of nitrogens with zero attached hydrogens (tertiary/aromatic N) is 3. The molecule has 15 atom stereocenters. The molecule has 1 aliphatic rings. The number of aromatic amines is 1. The topological polar surface area (TPSA) is 534 Å². The van der Waals surface area contributed by atoms with Crippen molar-refractivity contribution < 1.29 is 72.9 Å². The second-order valence-electron chi connectivity index (χ2n) is 26.4. The number of H-pyrrole nitrogens is 1. The van der Waals surface area contributed by atoms with Crippen LogP contribution < -0.4 is 76.1 Å². The summed E-state index contributed by atoms with van der Waals surface area (Å²) in [6.07, 6.45) is 2.89. The minimum absolute atomic E-state index is 0.0113. The summed E-state index contributed by atoms with van der Waals surface area (Å²) in [5.41, 5.74) is 24.8. The lowest BCUT2D eigenvalue weighted by Gasteiger charge is -2.31. The highest BCUT2D eigenvalue weighted by Crippen LogP contribution is 2.21. The molecule has 0 radical (unpaired) electrons. The molecule has 103 heavy (non-hydrogen) atoms. The van der Waals surface area contributed by atoms with Gasteiger partial charge in [0.1, 0.15) is 66.5 Å². The first-order valence-corrected chi connectivity index (χ1v) is 36.3. The zero-order valence-electron chi connectivity index (χ0n) is 60.0. The van der Waals surface area contributed by atoms with E-state index in [4.69, 9.17) is 22.9 Å². The van der Waals surface area contributed by atoms with E-state index in [9.17, 15) is 72.9 Å². The summed E-state index contributed by atoms with van der Waals surface area (Å²) in [5, 5.41) is 58.3. The number of unbranched alkanes of at least 4 members (excludes halogenated alkanes) is 1. The molecule has 1 fully saturated rings. The van der Waals surface area contributed by atoms with Gasteiger partial charge in [-0.15, -0.1) is 0 Å². The highest BCUT2D eigenvalue weighted by atomic mass is 32.2. The number of imidazole rings is 1. The molecule has 11 amide bonds. The van der Waals surface area contributed by atoms with E-state index in [0.29, 0.717) is 41.8 Å². The highest BCUT2D eigenvalue weighted by Gasteiger charge is 2.41. The fraction of sp³-hybridized carbons (Fsp3) is 0.594. The van der Waals surface area contributed by atoms with Gasteiger partial charge in [-0.25, -0.2) is 4.98 Å². The standard InChI is InChI=1S/C69H108N18O15S/c1-9-39(4)54(84-62(95)50(32-38(2)3)81-57(90)46(71)35-45-36-74-37-76-45)64(97)79-48(27-31-103-8)59(92)86-56(42(7)89)66(99)82-51(33-43-20-12-10-13-21-43)60(93)78-47(24-16-17-28-70)58(91)85-55(41(6)88)65(98)83-52(34-44-22-14-11-15-23-44)61(94)80-49(25-18-29-75-69(72)73)67(100)87-30-19-26-53(87)63(96)77-40(5)68(101)102/h10-15,20-23,36-42,46-56,88-89H,9,16-19,24-35,70-71H2,1-8H3,(H,74,76)(H,77,96)(H,78,93)(H,79,97)(H,80,94)(H,81,90)(H,82,99)(H,83,98)(H,84,95)(H,85,91)(H,86,92)(H,101,102)(H4,72,73,75)/t39-,40-,41+,42+,46-,47-,48-,49-,50-,51-,52-,53-,54-,55-,56-/m0/s1. The maximum absolute atomic E-state index is 14.8. The first-order valence-electron chi connectivity index (χ1n) is 34.9. The number of aliphatic imine (C=N–C) groups is 1. The van der Waals surface area contributed by atoms with Crippen LogP contribution in [0.25, 0.3) is 0 Å². The van der Waals surface area contributed by atoms with Crippen LogP contribution in [-0.2, 0) is 76.8 Å². The van der Waals surface area contributed by atoms with Crippen LogP contribution in [0.15, 0.2) is 78.2 Å². The Morgan fingerprint density at radius 1 is 0.602 bits per heavy atom. The Balaban J connectivity index is 1.61. The van der Waals surface area contributed by atoms with Crippen LogP contribution in [0.1, 0.15) is 129 Å². The third kappa shape index (κ3) is 29.2. The van der Waals surface area contributed by atoms with Gasteiger partial charge < -0.3 is 101 Å². The van der Waals surface area contributed by atoms with Gasteiger partial charge in [-0.05, 0) is 120 Å². The molecule has 4 rings (SSSR count). The van der Waals surface area contributed by atoms with Crippen molar-refractivity contribution in [3.05, 3.63) is 90.0 Å². The van der Waals surface area contributed by atoms with Crippen molar-refractivity contribution in [3.8, 4) is 0 Å². The van der Waals surface area contributed by atoms with Crippen LogP contribution in [0.3, 0.4) is 0 Å². The van der Waals surface area contributed by atoms with Crippen LogP contribution >= 0.6 is 11.8 Å². The van der Waals surface area contributed by atoms with Gasteiger partial charge in [-0.2, -0.15) is 11.8 Å². The Morgan fingerprint density at radius 2 is 1.08 bits per heavy atom. The Morgan fingerprint density at radius 3 is 1.56 bits per heavy atom. The number of carboxylic acids is 1. The van der Waals surface area contributed by atoms with E-state index in [1.807, 2.05) is 13.8 Å². The maximum Gasteiger partial charge on any atom is 0.325 e. The molecule has 22 N–H and O–H groups in total. The molecular formula is C69H108N18O15S. The normalized spacial score (nSPS) is 16.8. The SMILES string of the molecule is CC[C@H](C)[C@H](NC(=O)[C@H](CC(C)C)NC(=O)[C@@H](N)Cc1cnc[nH]1)C(=O)N[C@@H](CCSC)C(=O)N[C@H](C(=O)N[C@@H](Cc1ccccc1)C(=O)N[C@@H](CCCCN)C(=O)N[C@H](C(=O)N[C@@H](Cc1ccccc1)C(=O)N[C@@H](CCCN=C(N)N)C(=O)N1CCC[C@H]1C(=O)N[C@@H](C)C(=O)O)[C@@H](C)O)[C@@H](C)O. The van der Waals surface area contributed by atoms with Gasteiger partial charge in [0.15, 0.2) is 5.96 Å². The monoisotopic (exact) mass is 1460 g/mol. The van der Waals surface area contributed by atoms with E-state index in [1.54, 1.807) is 80.8 Å². The number of aromatic nitrogens is 2. The van der Waals surface area contributed by atoms with E-state index in [1.165, 1.54) is 50.0 Å². The number of likely N-dealkylation sites (tertiary alicyclic amines) is 1. The predicted molar refractivity (Wildman–Crippen MR) is 386 cm³/mol. The summed E-state index contributed by atoms with van der Waals surface area (Å²) < 4.78 is 0. The number of nitrogens with two attached hydrogens (primary N) is 4. The number of carbonyl (C=O) groups is 12. The van der Waals surface area contributed by atoms with Crippen LogP contribution in [0.5, 0.6) is 0 Å². The molecule has 0 bridgehead atoms. The van der Waals surface area contributed by atoms with E-state index < -0.39 is 162 Å². The van der Waals surface area contributed by atoms with E-state index in [-0.39, 0.29) is 95.7 Å². The number of guanidine groups is 1. The smallest absolute Gasteiger partial charge is 0.325 e. The number of aliphatic carboxylic acids is 1. The second-order valence-corrected chi connectivity index (χ2v) is 27.3. The molecule has 3 aromatic rings. The average Bonchev–Trinajstić information content (AvgIpc) is 1.36. The van der Waals surface area contributed by atoms with Crippen molar-refractivity contribution in [2.24, 2.45) is 39.8 Å². The zero-order valence-corrected chi connectivity index (χ0v) is 60.8. The molecule has 570 valence electrons. The molecule has 2 heterocycles. The Hall–Kier alpha value is -9.25. The first kappa shape index (κ1) is 86.2. The lowest BCUT2D eigenvalue weighted by Crippen LogP contribution is -2.63. The molecule has 0 aliphatic carbocycles. The van der Waals surface area contributed by atoms with Crippen molar-refractivity contribution >= 4 is 88.7 Å². The minimum Gasteiger partial charge on any atom is -0.480 e. The summed E-state index contributed by atoms with van der Waals surface area (Å²) >= 11 is 1.35. The minimum atomic E-state index is -1.81. The number of carbonyl (C=O) groups excluding carboxylic acids is 11. The Labute approximate surface area is 605 Å². The van der Waals surface area contributed by atoms with E-state index in [0.717, 1.165) is 0 Å². The lowest BCUT2D eigenvalue weighted by atomic mass is 9.96. The number of nitrogens with one attached hydrogen (secondary N) is 11. The summed E-state index contributed by atoms with van der Waals surface area (Å²) in [7, 11) is 0. The van der Waals surface area contributed by atoms with Crippen LogP contribution in [0.2, 0.25) is 0 Å². The van der Waals surface area contributed by atoms with Gasteiger partial charge >= 0.3 is 5.97 Å². The number of hydrogen-bond acceptors (Lipinski definition) is 19. The molecule has 0 saturated carbocycles. The Kier molecular flexibility index (Phi) is 37.1. The summed E-state index contributed by atoms with van der Waals surface area (Å²) in [6.45, 7) is 11.2. The van der Waals surface area contributed by atoms with Gasteiger partial charge in [0.25, 0.3) is 0 Å². The molecule has 1 saturated heterocycles. The van der Waals surface area contributed by atoms with Crippen molar-refractivity contribution in [2.45, 2.75) is 217 Å². The number of carboxylic acid groups (broad SMARTS) is 1. The third-order valence-electron chi connectivity index (χ3n) is 17.4. The molecule has 33 nitrogen and oxygen atoms in total. The van der Waals surface area contributed by atoms with Crippen LogP contribution in [0.4, 0.5) is 0 Å². The first-order chi connectivity index (χ1) is 48.9. The van der Waals surface area contributed by atoms with Gasteiger partial charge in [-0.1, -0.05) is 94.8 Å². The number of hydrogen-bond donors (Lipinski definition) is 18. The fourth-order valence-electron chi connectivity index (χ4n) is 11.3. The third-order valence-corrected chi connectivity index (χ3v) is 18.0. The maximum atomic E-state index is 14.8. The number of aliphatic hydroxyl groups excluding tert-OH is 2. The van der Waals surface area contributed by atoms with Crippen molar-refractivity contribution in [3.63, 3.8) is 0 Å². The summed E-state index contributed by atoms with van der Waals surface area (Å²) in [4.78, 5) is 181. The van der Waals surface area contributed by atoms with Crippen molar-refractivity contribution in [2.75, 3.05) is 31.6 Å². The summed E-state index contributed by atoms with van der Waals surface area (Å²) in [6, 6.07) is 0.312. The quantitative estimate of drug-likeness (QED) is 0.0158. The lowest BCUT2D eigenvalue weighted by molar-refractivity contribution is -0.144. The number of rotatable bonds is 45. The zero-order chi connectivity index (χ0) is 76.5. The summed E-state index contributed by atoms with van der Waals surface area (Å²) in [5.74, 6) is -11.1. The van der Waals surface area contributed by atoms with Crippen molar-refractivity contribution in [1.29, 1.82) is 0 Å². The van der Waals surface area contributed by atoms with E-state index >= 15 is 0 Å². The largest absolute Gasteiger partial charge is 0.480 e. The fourth-order valence-corrected chi connectivity index (χ4v) is 11.8. The molecular weight excluding hydrogens is 1350 g/mol. The van der Waals surface area contributed by atoms with Gasteiger partial charge in [0.2, 0.25) is 65.0 Å². The number of thioether (sulfide) groups is 1. The number of amides is 11. The second kappa shape index (κ2) is 44.3. The molecule has 0 unspecified atom stereocenters. The predicted octanol–water partition coefficient (Wildman–Crippen LogP) is -2.50. The molecule has 34 heteroatoms. The van der Waals surface area contributed by atoms with Gasteiger partial charge in [0, 0.05) is 44.2 Å². The number of aliphatic hydroxyl groups is 2. The van der Waals surface area contributed by atoms with Crippen LogP contribution in [-0.4, -0.2) is 223 Å². The van der Waals surface area contributed by atoms with Crippen molar-refractivity contribution in [1.82, 2.24) is 68.0 Å². The van der Waals surface area contributed by atoms with Gasteiger partial charge in [-0.3, -0.25) is 62.5 Å². The molecule has 0 spiro atoms. The van der Waals surface area contributed by atoms with Gasteiger partial charge in [0.05, 0.1) is 24.6 Å². The molecule has 1 aromatic heterocycles.